The normalized spacial score (nSPS) is 17.8. The Kier molecular flexibility index (Phi) is 3.77. The molecule has 0 unspecified atom stereocenters. The summed E-state index contributed by atoms with van der Waals surface area (Å²) in [4.78, 5) is 27.7. The van der Waals surface area contributed by atoms with Gasteiger partial charge < -0.3 is 10.7 Å². The van der Waals surface area contributed by atoms with Gasteiger partial charge in [0.05, 0.1) is 11.7 Å². The number of anilines is 1. The molecule has 2 heterocycles. The number of hydrogen-bond donors (Lipinski definition) is 3. The van der Waals surface area contributed by atoms with E-state index >= 15 is 0 Å². The molecule has 1 aliphatic rings. The fourth-order valence-electron chi connectivity index (χ4n) is 2.84. The summed E-state index contributed by atoms with van der Waals surface area (Å²) >= 11 is 6.04. The van der Waals surface area contributed by atoms with Crippen LogP contribution in [0.25, 0.3) is 11.2 Å². The predicted molar refractivity (Wildman–Crippen MR) is 79.9 cm³/mol. The van der Waals surface area contributed by atoms with Gasteiger partial charge in [-0.25, -0.2) is 4.98 Å². The van der Waals surface area contributed by atoms with Crippen LogP contribution in [0.5, 0.6) is 0 Å². The molecule has 0 radical (unpaired) electrons. The lowest BCUT2D eigenvalue weighted by molar-refractivity contribution is -0.126. The summed E-state index contributed by atoms with van der Waals surface area (Å²) in [5.41, 5.74) is 6.32. The second kappa shape index (κ2) is 5.57. The van der Waals surface area contributed by atoms with E-state index in [2.05, 4.69) is 25.3 Å². The number of aromatic amines is 1. The molecule has 3 rings (SSSR count). The standard InChI is InChI=1S/C13H17ClN6O/c14-9-8-10(17-7-16-8)19-12(18-9)20-11(21)13(6-15)4-2-1-3-5-13/h7H,1-6,15H2,(H2,16,17,18,19,20,21). The maximum atomic E-state index is 12.6. The van der Waals surface area contributed by atoms with Gasteiger partial charge >= 0.3 is 0 Å². The zero-order valence-corrected chi connectivity index (χ0v) is 12.3. The number of amides is 1. The molecule has 2 aromatic heterocycles. The smallest absolute Gasteiger partial charge is 0.234 e. The minimum Gasteiger partial charge on any atom is -0.341 e. The maximum absolute atomic E-state index is 12.6. The molecule has 0 atom stereocenters. The van der Waals surface area contributed by atoms with Crippen LogP contribution in [0.1, 0.15) is 32.1 Å². The molecular weight excluding hydrogens is 292 g/mol. The number of nitrogens with zero attached hydrogens (tertiary/aromatic N) is 3. The quantitative estimate of drug-likeness (QED) is 0.750. The third-order valence-electron chi connectivity index (χ3n) is 4.15. The summed E-state index contributed by atoms with van der Waals surface area (Å²) in [6.07, 6.45) is 6.27. The van der Waals surface area contributed by atoms with Crippen molar-refractivity contribution in [2.45, 2.75) is 32.1 Å². The molecule has 7 nitrogen and oxygen atoms in total. The summed E-state index contributed by atoms with van der Waals surface area (Å²) in [6.45, 7) is 0.331. The van der Waals surface area contributed by atoms with Crippen LogP contribution < -0.4 is 11.1 Å². The van der Waals surface area contributed by atoms with Crippen LogP contribution in [-0.2, 0) is 4.79 Å². The highest BCUT2D eigenvalue weighted by atomic mass is 35.5. The predicted octanol–water partition coefficient (Wildman–Crippen LogP) is 1.85. The highest BCUT2D eigenvalue weighted by Crippen LogP contribution is 2.36. The molecule has 0 aromatic carbocycles. The maximum Gasteiger partial charge on any atom is 0.234 e. The molecule has 2 aromatic rings. The van der Waals surface area contributed by atoms with Crippen LogP contribution in [0.4, 0.5) is 5.95 Å². The van der Waals surface area contributed by atoms with E-state index in [0.29, 0.717) is 17.7 Å². The number of carbonyl (C=O) groups is 1. The summed E-state index contributed by atoms with van der Waals surface area (Å²) in [6, 6.07) is 0. The topological polar surface area (TPSA) is 110 Å². The molecule has 0 spiro atoms. The van der Waals surface area contributed by atoms with Gasteiger partial charge in [-0.05, 0) is 12.8 Å². The van der Waals surface area contributed by atoms with Gasteiger partial charge in [0.25, 0.3) is 0 Å². The molecule has 0 saturated heterocycles. The van der Waals surface area contributed by atoms with E-state index in [4.69, 9.17) is 17.3 Å². The molecule has 0 aliphatic heterocycles. The molecule has 1 amide bonds. The minimum atomic E-state index is -0.519. The number of hydrogen-bond acceptors (Lipinski definition) is 5. The van der Waals surface area contributed by atoms with Gasteiger partial charge in [0.2, 0.25) is 11.9 Å². The number of carbonyl (C=O) groups excluding carboxylic acids is 1. The van der Waals surface area contributed by atoms with Gasteiger partial charge in [0.1, 0.15) is 5.52 Å². The third-order valence-corrected chi connectivity index (χ3v) is 4.42. The van der Waals surface area contributed by atoms with E-state index in [0.717, 1.165) is 32.1 Å². The fourth-order valence-corrected chi connectivity index (χ4v) is 3.06. The first kappa shape index (κ1) is 14.2. The summed E-state index contributed by atoms with van der Waals surface area (Å²) < 4.78 is 0. The lowest BCUT2D eigenvalue weighted by Crippen LogP contribution is -2.44. The summed E-state index contributed by atoms with van der Waals surface area (Å²) in [5.74, 6) is 0.0404. The molecule has 0 bridgehead atoms. The number of halogens is 1. The Hall–Kier alpha value is -1.73. The first-order valence-corrected chi connectivity index (χ1v) is 7.40. The Balaban J connectivity index is 1.85. The van der Waals surface area contributed by atoms with Crippen LogP contribution in [-0.4, -0.2) is 32.4 Å². The SMILES string of the molecule is NCC1(C(=O)Nc2nc(Cl)c3[nH]cnc3n2)CCCCC1. The van der Waals surface area contributed by atoms with Gasteiger partial charge in [0.15, 0.2) is 10.8 Å². The third kappa shape index (κ3) is 2.58. The van der Waals surface area contributed by atoms with Crippen molar-refractivity contribution in [2.75, 3.05) is 11.9 Å². The number of fused-ring (bicyclic) bond motifs is 1. The van der Waals surface area contributed by atoms with Crippen LogP contribution in [0.3, 0.4) is 0 Å². The molecule has 4 N–H and O–H groups in total. The second-order valence-corrected chi connectivity index (χ2v) is 5.80. The second-order valence-electron chi connectivity index (χ2n) is 5.44. The Labute approximate surface area is 126 Å². The van der Waals surface area contributed by atoms with E-state index in [1.807, 2.05) is 0 Å². The number of rotatable bonds is 3. The van der Waals surface area contributed by atoms with Crippen molar-refractivity contribution < 1.29 is 4.79 Å². The van der Waals surface area contributed by atoms with E-state index < -0.39 is 5.41 Å². The number of aromatic nitrogens is 4. The molecular formula is C13H17ClN6O. The van der Waals surface area contributed by atoms with Crippen molar-refractivity contribution in [2.24, 2.45) is 11.1 Å². The van der Waals surface area contributed by atoms with Crippen molar-refractivity contribution in [3.63, 3.8) is 0 Å². The van der Waals surface area contributed by atoms with Crippen molar-refractivity contribution in [3.05, 3.63) is 11.5 Å². The monoisotopic (exact) mass is 308 g/mol. The molecule has 112 valence electrons. The fraction of sp³-hybridized carbons (Fsp3) is 0.538. The zero-order chi connectivity index (χ0) is 14.9. The number of imidazole rings is 1. The Morgan fingerprint density at radius 1 is 1.38 bits per heavy atom. The summed E-state index contributed by atoms with van der Waals surface area (Å²) in [5, 5.41) is 2.98. The van der Waals surface area contributed by atoms with Crippen molar-refractivity contribution in [3.8, 4) is 0 Å². The number of nitrogens with one attached hydrogen (secondary N) is 2. The Bertz CT molecular complexity index is 664. The zero-order valence-electron chi connectivity index (χ0n) is 11.5. The molecule has 1 fully saturated rings. The van der Waals surface area contributed by atoms with Gasteiger partial charge in [-0.3, -0.25) is 10.1 Å². The first-order chi connectivity index (χ1) is 10.1. The molecule has 1 aliphatic carbocycles. The van der Waals surface area contributed by atoms with Crippen molar-refractivity contribution in [1.82, 2.24) is 19.9 Å². The lowest BCUT2D eigenvalue weighted by atomic mass is 9.73. The van der Waals surface area contributed by atoms with Crippen LogP contribution in [0.2, 0.25) is 5.15 Å². The van der Waals surface area contributed by atoms with Gasteiger partial charge in [-0.1, -0.05) is 30.9 Å². The van der Waals surface area contributed by atoms with Crippen molar-refractivity contribution in [1.29, 1.82) is 0 Å². The van der Waals surface area contributed by atoms with Crippen LogP contribution >= 0.6 is 11.6 Å². The molecule has 1 saturated carbocycles. The lowest BCUT2D eigenvalue weighted by Gasteiger charge is -2.34. The van der Waals surface area contributed by atoms with Gasteiger partial charge in [0, 0.05) is 6.54 Å². The van der Waals surface area contributed by atoms with E-state index in [9.17, 15) is 4.79 Å². The average molecular weight is 309 g/mol. The number of nitrogens with two attached hydrogens (primary N) is 1. The largest absolute Gasteiger partial charge is 0.341 e. The van der Waals surface area contributed by atoms with Gasteiger partial charge in [-0.2, -0.15) is 9.97 Å². The van der Waals surface area contributed by atoms with Crippen LogP contribution in [0.15, 0.2) is 6.33 Å². The Morgan fingerprint density at radius 3 is 2.86 bits per heavy atom. The summed E-state index contributed by atoms with van der Waals surface area (Å²) in [7, 11) is 0. The van der Waals surface area contributed by atoms with Crippen LogP contribution in [0, 0.1) is 5.41 Å². The molecule has 21 heavy (non-hydrogen) atoms. The van der Waals surface area contributed by atoms with E-state index in [1.165, 1.54) is 6.33 Å². The highest BCUT2D eigenvalue weighted by Gasteiger charge is 2.38. The van der Waals surface area contributed by atoms with Crippen molar-refractivity contribution >= 4 is 34.6 Å². The number of H-pyrrole nitrogens is 1. The van der Waals surface area contributed by atoms with Gasteiger partial charge in [-0.15, -0.1) is 0 Å². The average Bonchev–Trinajstić information content (AvgIpc) is 2.97. The minimum absolute atomic E-state index is 0.129. The first-order valence-electron chi connectivity index (χ1n) is 7.03. The van der Waals surface area contributed by atoms with E-state index in [1.54, 1.807) is 0 Å². The molecule has 8 heteroatoms. The highest BCUT2D eigenvalue weighted by molar-refractivity contribution is 6.33. The van der Waals surface area contributed by atoms with E-state index in [-0.39, 0.29) is 17.0 Å². The Morgan fingerprint density at radius 2 is 2.14 bits per heavy atom.